The molecule has 1 heterocycles. The Balaban J connectivity index is 2.62. The second kappa shape index (κ2) is 7.24. The molecule has 0 spiro atoms. The van der Waals surface area contributed by atoms with Gasteiger partial charge >= 0.3 is 5.97 Å². The number of amides is 1. The normalized spacial score (nSPS) is 11.3. The molecule has 112 valence electrons. The number of carbonyl (C=O) groups is 3. The van der Waals surface area contributed by atoms with Gasteiger partial charge in [0, 0.05) is 25.4 Å². The van der Waals surface area contributed by atoms with Crippen LogP contribution in [0.2, 0.25) is 0 Å². The van der Waals surface area contributed by atoms with E-state index >= 15 is 0 Å². The van der Waals surface area contributed by atoms with Gasteiger partial charge in [0.2, 0.25) is 0 Å². The van der Waals surface area contributed by atoms with Crippen LogP contribution in [0.5, 0.6) is 0 Å². The van der Waals surface area contributed by atoms with Gasteiger partial charge in [-0.25, -0.2) is 4.79 Å². The van der Waals surface area contributed by atoms with Crippen LogP contribution in [0.3, 0.4) is 0 Å². The molecule has 7 nitrogen and oxygen atoms in total. The van der Waals surface area contributed by atoms with E-state index in [1.807, 2.05) is 6.07 Å². The van der Waals surface area contributed by atoms with Crippen LogP contribution in [-0.4, -0.2) is 47.2 Å². The van der Waals surface area contributed by atoms with E-state index in [0.717, 1.165) is 0 Å². The number of carbonyl (C=O) groups excluding carboxylic acids is 3. The molecule has 1 amide bonds. The van der Waals surface area contributed by atoms with Gasteiger partial charge in [0.1, 0.15) is 5.69 Å². The highest BCUT2D eigenvalue weighted by molar-refractivity contribution is 5.98. The van der Waals surface area contributed by atoms with Crippen molar-refractivity contribution in [3.63, 3.8) is 0 Å². The van der Waals surface area contributed by atoms with Crippen molar-refractivity contribution in [3.05, 3.63) is 23.5 Å². The second-order valence-corrected chi connectivity index (χ2v) is 4.57. The van der Waals surface area contributed by atoms with Gasteiger partial charge in [0.25, 0.3) is 5.91 Å². The minimum Gasteiger partial charge on any atom is -0.448 e. The number of nitrogens with zero attached hydrogens (tertiary/aromatic N) is 2. The number of aromatic nitrogens is 1. The van der Waals surface area contributed by atoms with Gasteiger partial charge < -0.3 is 14.6 Å². The van der Waals surface area contributed by atoms with Crippen molar-refractivity contribution in [3.8, 4) is 6.07 Å². The molecule has 1 N–H and O–H groups in total. The Morgan fingerprint density at radius 3 is 2.67 bits per heavy atom. The summed E-state index contributed by atoms with van der Waals surface area (Å²) in [6.07, 6.45) is 0.650. The molecule has 0 aliphatic heterocycles. The smallest absolute Gasteiger partial charge is 0.355 e. The van der Waals surface area contributed by atoms with Gasteiger partial charge in [-0.15, -0.1) is 0 Å². The predicted octanol–water partition coefficient (Wildman–Crippen LogP) is 1.13. The molecular formula is C14H17N3O4. The van der Waals surface area contributed by atoms with Crippen molar-refractivity contribution in [2.75, 3.05) is 13.6 Å². The van der Waals surface area contributed by atoms with E-state index in [0.29, 0.717) is 5.56 Å². The Bertz CT molecular complexity index is 585. The number of aromatic amines is 1. The fraction of sp³-hybridized carbons (Fsp3) is 0.429. The first-order valence-electron chi connectivity index (χ1n) is 6.39. The number of likely N-dealkylation sites (N-methyl/N-ethyl adjacent to an activating group) is 1. The summed E-state index contributed by atoms with van der Waals surface area (Å²) in [5, 5.41) is 8.47. The second-order valence-electron chi connectivity index (χ2n) is 4.57. The zero-order valence-corrected chi connectivity index (χ0v) is 12.2. The molecule has 21 heavy (non-hydrogen) atoms. The van der Waals surface area contributed by atoms with E-state index < -0.39 is 18.0 Å². The molecule has 0 saturated heterocycles. The highest BCUT2D eigenvalue weighted by Gasteiger charge is 2.22. The van der Waals surface area contributed by atoms with Crippen LogP contribution in [0.1, 0.15) is 41.1 Å². The van der Waals surface area contributed by atoms with Crippen LogP contribution in [-0.2, 0) is 9.53 Å². The average Bonchev–Trinajstić information content (AvgIpc) is 2.93. The highest BCUT2D eigenvalue weighted by Crippen LogP contribution is 2.08. The van der Waals surface area contributed by atoms with Crippen molar-refractivity contribution < 1.29 is 19.1 Å². The van der Waals surface area contributed by atoms with Crippen LogP contribution in [0.15, 0.2) is 12.3 Å². The highest BCUT2D eigenvalue weighted by atomic mass is 16.5. The summed E-state index contributed by atoms with van der Waals surface area (Å²) in [4.78, 5) is 38.9. The zero-order valence-electron chi connectivity index (χ0n) is 12.2. The Morgan fingerprint density at radius 1 is 1.48 bits per heavy atom. The Kier molecular flexibility index (Phi) is 5.67. The monoisotopic (exact) mass is 291 g/mol. The maximum Gasteiger partial charge on any atom is 0.355 e. The minimum absolute atomic E-state index is 0.111. The van der Waals surface area contributed by atoms with Crippen LogP contribution < -0.4 is 0 Å². The van der Waals surface area contributed by atoms with Crippen molar-refractivity contribution in [2.24, 2.45) is 0 Å². The van der Waals surface area contributed by atoms with Crippen molar-refractivity contribution >= 4 is 17.7 Å². The summed E-state index contributed by atoms with van der Waals surface area (Å²) in [7, 11) is 1.53. The average molecular weight is 291 g/mol. The summed E-state index contributed by atoms with van der Waals surface area (Å²) < 4.78 is 5.04. The predicted molar refractivity (Wildman–Crippen MR) is 73.5 cm³/mol. The quantitative estimate of drug-likeness (QED) is 0.625. The summed E-state index contributed by atoms with van der Waals surface area (Å²) in [5.41, 5.74) is 0.478. The molecule has 0 unspecified atom stereocenters. The van der Waals surface area contributed by atoms with Crippen LogP contribution in [0.4, 0.5) is 0 Å². The van der Waals surface area contributed by atoms with Crippen molar-refractivity contribution in [1.29, 1.82) is 5.26 Å². The standard InChI is InChI=1S/C14H17N3O4/c1-9(18)11-7-12(16-8-11)14(20)21-10(2)13(19)17(3)6-4-5-15/h7-8,10,16H,4,6H2,1-3H3/t10-/m0/s1. The van der Waals surface area contributed by atoms with E-state index in [1.54, 1.807) is 0 Å². The zero-order chi connectivity index (χ0) is 16.0. The molecule has 0 radical (unpaired) electrons. The lowest BCUT2D eigenvalue weighted by Gasteiger charge is -2.20. The first-order valence-corrected chi connectivity index (χ1v) is 6.39. The molecule has 0 aliphatic carbocycles. The van der Waals surface area contributed by atoms with Crippen molar-refractivity contribution in [2.45, 2.75) is 26.4 Å². The number of hydrogen-bond donors (Lipinski definition) is 1. The van der Waals surface area contributed by atoms with E-state index in [1.165, 1.54) is 38.1 Å². The maximum absolute atomic E-state index is 11.9. The van der Waals surface area contributed by atoms with Crippen LogP contribution in [0.25, 0.3) is 0 Å². The Hall–Kier alpha value is -2.62. The number of nitrogens with one attached hydrogen (secondary N) is 1. The molecule has 1 aromatic rings. The SMILES string of the molecule is CC(=O)c1c[nH]c(C(=O)O[C@@H](C)C(=O)N(C)CCC#N)c1. The largest absolute Gasteiger partial charge is 0.448 e. The third-order valence-electron chi connectivity index (χ3n) is 2.88. The van der Waals surface area contributed by atoms with Gasteiger partial charge in [-0.3, -0.25) is 9.59 Å². The Labute approximate surface area is 122 Å². The lowest BCUT2D eigenvalue weighted by atomic mass is 10.2. The maximum atomic E-state index is 11.9. The molecule has 1 aromatic heterocycles. The topological polar surface area (TPSA) is 103 Å². The molecule has 7 heteroatoms. The lowest BCUT2D eigenvalue weighted by Crippen LogP contribution is -2.37. The molecule has 0 aromatic carbocycles. The van der Waals surface area contributed by atoms with Gasteiger partial charge in [0.15, 0.2) is 11.9 Å². The van der Waals surface area contributed by atoms with Gasteiger partial charge in [-0.1, -0.05) is 0 Å². The minimum atomic E-state index is -0.967. The molecule has 0 aliphatic rings. The van der Waals surface area contributed by atoms with Gasteiger partial charge in [-0.05, 0) is 19.9 Å². The summed E-state index contributed by atoms with van der Waals surface area (Å²) in [6, 6.07) is 3.31. The third kappa shape index (κ3) is 4.45. The molecule has 0 saturated carbocycles. The number of rotatable bonds is 6. The van der Waals surface area contributed by atoms with E-state index in [-0.39, 0.29) is 24.4 Å². The van der Waals surface area contributed by atoms with E-state index in [9.17, 15) is 14.4 Å². The molecule has 1 rings (SSSR count). The summed E-state index contributed by atoms with van der Waals surface area (Å²) in [5.74, 6) is -1.28. The van der Waals surface area contributed by atoms with Crippen LogP contribution >= 0.6 is 0 Å². The van der Waals surface area contributed by atoms with Crippen molar-refractivity contribution in [1.82, 2.24) is 9.88 Å². The number of Topliss-reactive ketones (excluding diaryl/α,β-unsaturated/α-hetero) is 1. The summed E-state index contributed by atoms with van der Waals surface area (Å²) in [6.45, 7) is 3.11. The van der Waals surface area contributed by atoms with Gasteiger partial charge in [0.05, 0.1) is 12.5 Å². The third-order valence-corrected chi connectivity index (χ3v) is 2.88. The molecular weight excluding hydrogens is 274 g/mol. The Morgan fingerprint density at radius 2 is 2.14 bits per heavy atom. The first-order chi connectivity index (χ1) is 9.86. The number of esters is 1. The fourth-order valence-electron chi connectivity index (χ4n) is 1.63. The number of ketones is 1. The van der Waals surface area contributed by atoms with E-state index in [2.05, 4.69) is 4.98 Å². The summed E-state index contributed by atoms with van der Waals surface area (Å²) >= 11 is 0. The number of nitriles is 1. The molecule has 0 fully saturated rings. The first kappa shape index (κ1) is 16.4. The number of H-pyrrole nitrogens is 1. The number of hydrogen-bond acceptors (Lipinski definition) is 5. The van der Waals surface area contributed by atoms with E-state index in [4.69, 9.17) is 10.00 Å². The lowest BCUT2D eigenvalue weighted by molar-refractivity contribution is -0.138. The van der Waals surface area contributed by atoms with Gasteiger partial charge in [-0.2, -0.15) is 5.26 Å². The number of ether oxygens (including phenoxy) is 1. The molecule has 1 atom stereocenters. The van der Waals surface area contributed by atoms with Crippen LogP contribution in [0, 0.1) is 11.3 Å². The molecule has 0 bridgehead atoms. The fourth-order valence-corrected chi connectivity index (χ4v) is 1.63.